The van der Waals surface area contributed by atoms with Gasteiger partial charge in [0.2, 0.25) is 5.16 Å². The predicted octanol–water partition coefficient (Wildman–Crippen LogP) is 0.301. The van der Waals surface area contributed by atoms with E-state index in [4.69, 9.17) is 10.6 Å². The van der Waals surface area contributed by atoms with Crippen molar-refractivity contribution in [2.24, 2.45) is 12.2 Å². The summed E-state index contributed by atoms with van der Waals surface area (Å²) in [5.74, 6) is -1.73. The molecule has 4 N–H and O–H groups in total. The molecule has 2 amide bonds. The SMILES string of the molecule is CCCCON=C(C(=O)NC1C(=O)N2C(C(=O)O)=C(CSc3nnnn3C)CS[C@H]12)c1csc(N)n1. The molecule has 0 saturated carbocycles. The Kier molecular flexibility index (Phi) is 8.10. The predicted molar refractivity (Wildman–Crippen MR) is 133 cm³/mol. The Hall–Kier alpha value is -3.18. The van der Waals surface area contributed by atoms with Crippen LogP contribution in [-0.4, -0.2) is 88.2 Å². The summed E-state index contributed by atoms with van der Waals surface area (Å²) in [7, 11) is 1.68. The van der Waals surface area contributed by atoms with Crippen LogP contribution in [0, 0.1) is 0 Å². The third kappa shape index (κ3) is 5.31. The van der Waals surface area contributed by atoms with Crippen molar-refractivity contribution < 1.29 is 24.3 Å². The lowest BCUT2D eigenvalue weighted by Gasteiger charge is -2.49. The first-order valence-corrected chi connectivity index (χ1v) is 13.7. The van der Waals surface area contributed by atoms with Gasteiger partial charge in [-0.25, -0.2) is 14.5 Å². The summed E-state index contributed by atoms with van der Waals surface area (Å²) in [6, 6.07) is -0.925. The van der Waals surface area contributed by atoms with Crippen LogP contribution in [0.2, 0.25) is 0 Å². The summed E-state index contributed by atoms with van der Waals surface area (Å²) in [5, 5.41) is 29.4. The Labute approximate surface area is 217 Å². The van der Waals surface area contributed by atoms with E-state index in [1.807, 2.05) is 6.92 Å². The normalized spacial score (nSPS) is 19.7. The van der Waals surface area contributed by atoms with Crippen LogP contribution in [0.3, 0.4) is 0 Å². The number of anilines is 1. The number of nitrogens with zero attached hydrogens (tertiary/aromatic N) is 7. The van der Waals surface area contributed by atoms with Gasteiger partial charge in [-0.3, -0.25) is 14.5 Å². The summed E-state index contributed by atoms with van der Waals surface area (Å²) < 4.78 is 1.48. The van der Waals surface area contributed by atoms with Gasteiger partial charge >= 0.3 is 5.97 Å². The molecule has 1 unspecified atom stereocenters. The van der Waals surface area contributed by atoms with Crippen molar-refractivity contribution in [1.82, 2.24) is 35.4 Å². The third-order valence-corrected chi connectivity index (χ3v) is 8.33. The standard InChI is InChI=1S/C19H23N9O5S3/c1-3-4-5-33-24-11(10-8-35-18(20)21-10)14(29)22-12-15(30)28-13(17(31)32)9(6-34-16(12)28)7-36-19-23-25-26-27(19)2/h8,12,16H,3-7H2,1-2H3,(H2,20,21)(H,22,29)(H,31,32)/t12?,16-/m1/s1. The van der Waals surface area contributed by atoms with Crippen molar-refractivity contribution in [3.05, 3.63) is 22.3 Å². The molecule has 4 rings (SSSR count). The number of hydrogen-bond acceptors (Lipinski definition) is 13. The summed E-state index contributed by atoms with van der Waals surface area (Å²) >= 11 is 3.78. The number of carbonyl (C=O) groups is 3. The number of tetrazole rings is 1. The lowest BCUT2D eigenvalue weighted by molar-refractivity contribution is -0.150. The van der Waals surface area contributed by atoms with Gasteiger partial charge in [-0.1, -0.05) is 30.3 Å². The van der Waals surface area contributed by atoms with Gasteiger partial charge in [-0.2, -0.15) is 0 Å². The smallest absolute Gasteiger partial charge is 0.352 e. The third-order valence-electron chi connectivity index (χ3n) is 5.22. The number of nitrogen functional groups attached to an aromatic ring is 1. The lowest BCUT2D eigenvalue weighted by atomic mass is 10.0. The molecule has 1 fully saturated rings. The minimum absolute atomic E-state index is 0.0825. The van der Waals surface area contributed by atoms with Gasteiger partial charge in [0.15, 0.2) is 10.8 Å². The first-order chi connectivity index (χ1) is 17.3. The van der Waals surface area contributed by atoms with Crippen LogP contribution in [-0.2, 0) is 26.3 Å². The van der Waals surface area contributed by atoms with Crippen molar-refractivity contribution in [1.29, 1.82) is 0 Å². The van der Waals surface area contributed by atoms with Gasteiger partial charge in [0, 0.05) is 23.9 Å². The first kappa shape index (κ1) is 25.9. The summed E-state index contributed by atoms with van der Waals surface area (Å²) in [5.41, 5.74) is 6.32. The molecule has 0 aromatic carbocycles. The van der Waals surface area contributed by atoms with Crippen LogP contribution >= 0.6 is 34.9 Å². The van der Waals surface area contributed by atoms with E-state index in [1.54, 1.807) is 12.4 Å². The number of β-lactam (4-membered cyclic amide) rings is 1. The van der Waals surface area contributed by atoms with Crippen LogP contribution in [0.1, 0.15) is 25.5 Å². The zero-order valence-electron chi connectivity index (χ0n) is 19.3. The molecule has 1 saturated heterocycles. The lowest BCUT2D eigenvalue weighted by Crippen LogP contribution is -2.71. The Balaban J connectivity index is 1.48. The molecule has 14 nitrogen and oxygen atoms in total. The number of aliphatic carboxylic acids is 1. The first-order valence-electron chi connectivity index (χ1n) is 10.8. The van der Waals surface area contributed by atoms with E-state index < -0.39 is 29.2 Å². The molecule has 2 aliphatic heterocycles. The number of oxime groups is 1. The molecule has 0 aliphatic carbocycles. The highest BCUT2D eigenvalue weighted by Gasteiger charge is 2.54. The molecule has 4 heterocycles. The summed E-state index contributed by atoms with van der Waals surface area (Å²) in [6.07, 6.45) is 1.64. The van der Waals surface area contributed by atoms with Crippen molar-refractivity contribution in [3.63, 3.8) is 0 Å². The van der Waals surface area contributed by atoms with Crippen LogP contribution in [0.5, 0.6) is 0 Å². The number of fused-ring (bicyclic) bond motifs is 1. The number of unbranched alkanes of at least 4 members (excludes halogenated alkanes) is 1. The second kappa shape index (κ2) is 11.3. The van der Waals surface area contributed by atoms with Crippen molar-refractivity contribution in [2.75, 3.05) is 23.8 Å². The molecule has 17 heteroatoms. The molecular formula is C19H23N9O5S3. The highest BCUT2D eigenvalue weighted by molar-refractivity contribution is 8.01. The molecular weight excluding hydrogens is 530 g/mol. The van der Waals surface area contributed by atoms with E-state index in [1.165, 1.54) is 33.1 Å². The maximum absolute atomic E-state index is 13.1. The maximum Gasteiger partial charge on any atom is 0.352 e. The Morgan fingerprint density at radius 2 is 2.25 bits per heavy atom. The monoisotopic (exact) mass is 553 g/mol. The van der Waals surface area contributed by atoms with Gasteiger partial charge in [0.05, 0.1) is 0 Å². The number of nitrogens with two attached hydrogens (primary N) is 1. The Bertz CT molecular complexity index is 1230. The van der Waals surface area contributed by atoms with Crippen LogP contribution in [0.4, 0.5) is 5.13 Å². The molecule has 192 valence electrons. The number of aromatic nitrogens is 5. The zero-order chi connectivity index (χ0) is 25.8. The van der Waals surface area contributed by atoms with Crippen LogP contribution in [0.25, 0.3) is 0 Å². The molecule has 2 aliphatic rings. The van der Waals surface area contributed by atoms with Gasteiger partial charge < -0.3 is 21.0 Å². The number of carbonyl (C=O) groups excluding carboxylic acids is 2. The second-order valence-electron chi connectivity index (χ2n) is 7.69. The molecule has 36 heavy (non-hydrogen) atoms. The van der Waals surface area contributed by atoms with Gasteiger partial charge in [-0.15, -0.1) is 28.2 Å². The highest BCUT2D eigenvalue weighted by atomic mass is 32.2. The van der Waals surface area contributed by atoms with Crippen LogP contribution in [0.15, 0.2) is 27.0 Å². The fourth-order valence-electron chi connectivity index (χ4n) is 3.42. The number of thiazole rings is 1. The highest BCUT2D eigenvalue weighted by Crippen LogP contribution is 2.41. The number of nitrogens with one attached hydrogen (secondary N) is 1. The van der Waals surface area contributed by atoms with E-state index in [2.05, 4.69) is 31.0 Å². The quantitative estimate of drug-likeness (QED) is 0.114. The summed E-state index contributed by atoms with van der Waals surface area (Å²) in [6.45, 7) is 2.31. The fourth-order valence-corrected chi connectivity index (χ4v) is 6.30. The number of carboxylic acid groups (broad SMARTS) is 1. The Morgan fingerprint density at radius 1 is 1.44 bits per heavy atom. The average molecular weight is 554 g/mol. The zero-order valence-corrected chi connectivity index (χ0v) is 21.7. The van der Waals surface area contributed by atoms with Crippen molar-refractivity contribution in [3.8, 4) is 0 Å². The molecule has 2 aromatic rings. The van der Waals surface area contributed by atoms with Gasteiger partial charge in [0.1, 0.15) is 29.4 Å². The van der Waals surface area contributed by atoms with Gasteiger partial charge in [-0.05, 0) is 22.4 Å². The van der Waals surface area contributed by atoms with E-state index in [0.29, 0.717) is 28.8 Å². The Morgan fingerprint density at radius 3 is 2.89 bits per heavy atom. The van der Waals surface area contributed by atoms with Gasteiger partial charge in [0.25, 0.3) is 11.8 Å². The largest absolute Gasteiger partial charge is 0.477 e. The molecule has 2 aromatic heterocycles. The van der Waals surface area contributed by atoms with Crippen molar-refractivity contribution >= 4 is 63.5 Å². The minimum Gasteiger partial charge on any atom is -0.477 e. The number of aryl methyl sites for hydroxylation is 1. The van der Waals surface area contributed by atoms with E-state index >= 15 is 0 Å². The number of hydrogen-bond donors (Lipinski definition) is 3. The van der Waals surface area contributed by atoms with E-state index in [0.717, 1.165) is 24.2 Å². The number of rotatable bonds is 11. The topological polar surface area (TPSA) is 191 Å². The molecule has 2 atom stereocenters. The maximum atomic E-state index is 13.1. The van der Waals surface area contributed by atoms with Crippen LogP contribution < -0.4 is 11.1 Å². The van der Waals surface area contributed by atoms with Crippen molar-refractivity contribution in [2.45, 2.75) is 36.3 Å². The fraction of sp³-hybridized carbons (Fsp3) is 0.474. The second-order valence-corrected chi connectivity index (χ2v) is 10.6. The average Bonchev–Trinajstić information content (AvgIpc) is 3.47. The molecule has 0 bridgehead atoms. The number of carboxylic acids is 1. The number of thioether (sulfide) groups is 2. The molecule has 0 spiro atoms. The number of amides is 2. The minimum atomic E-state index is -1.21. The summed E-state index contributed by atoms with van der Waals surface area (Å²) in [4.78, 5) is 48.7. The molecule has 0 radical (unpaired) electrons. The van der Waals surface area contributed by atoms with E-state index in [9.17, 15) is 19.5 Å². The van der Waals surface area contributed by atoms with E-state index in [-0.39, 0.29) is 22.2 Å².